The van der Waals surface area contributed by atoms with Gasteiger partial charge in [-0.05, 0) is 42.3 Å². The quantitative estimate of drug-likeness (QED) is 0.325. The number of nitrogens with one attached hydrogen (secondary N) is 1. The third-order valence-corrected chi connectivity index (χ3v) is 6.12. The molecule has 0 radical (unpaired) electrons. The minimum atomic E-state index is -1.23. The molecule has 8 heteroatoms. The van der Waals surface area contributed by atoms with Crippen LogP contribution < -0.4 is 10.0 Å². The first-order chi connectivity index (χ1) is 15.0. The van der Waals surface area contributed by atoms with Crippen molar-refractivity contribution < 1.29 is 18.6 Å². The summed E-state index contributed by atoms with van der Waals surface area (Å²) in [5, 5.41) is 14.2. The van der Waals surface area contributed by atoms with Crippen LogP contribution >= 0.6 is 0 Å². The number of benzene rings is 2. The van der Waals surface area contributed by atoms with E-state index < -0.39 is 10.8 Å². The van der Waals surface area contributed by atoms with E-state index in [4.69, 9.17) is 4.42 Å². The molecule has 7 nitrogen and oxygen atoms in total. The molecular weight excluding hydrogens is 412 g/mol. The van der Waals surface area contributed by atoms with Gasteiger partial charge in [0.05, 0.1) is 33.0 Å². The fourth-order valence-electron chi connectivity index (χ4n) is 3.66. The Kier molecular flexibility index (Phi) is 4.63. The summed E-state index contributed by atoms with van der Waals surface area (Å²) in [5.74, 6) is 0. The van der Waals surface area contributed by atoms with E-state index in [1.165, 1.54) is 12.4 Å². The van der Waals surface area contributed by atoms with E-state index in [-0.39, 0.29) is 0 Å². The SMILES string of the molecule is Cc1coc2ccc(-c3cc(Nc4c[n+](O)ccc4S(C)=O)cc4nccnc34)cc12. The number of aryl methyl sites for hydroxylation is 1. The summed E-state index contributed by atoms with van der Waals surface area (Å²) in [6, 6.07) is 11.5. The molecule has 0 amide bonds. The van der Waals surface area contributed by atoms with Gasteiger partial charge >= 0.3 is 0 Å². The molecule has 0 bridgehead atoms. The number of aromatic nitrogens is 3. The molecule has 154 valence electrons. The van der Waals surface area contributed by atoms with Crippen molar-refractivity contribution in [3.63, 3.8) is 0 Å². The molecule has 0 fully saturated rings. The third kappa shape index (κ3) is 3.51. The Balaban J connectivity index is 1.69. The summed E-state index contributed by atoms with van der Waals surface area (Å²) >= 11 is 0. The standard InChI is InChI=1S/C23H19N4O3S/c1-14-13-30-21-4-3-15(9-17(14)21)18-10-16(11-19-23(18)25-7-6-24-19)26-20-12-27(28)8-5-22(20)31(2)29/h3-13,26,28H,1-2H3/q+1. The number of nitrogens with zero attached hydrogens (tertiary/aromatic N) is 3. The maximum Gasteiger partial charge on any atom is 0.246 e. The van der Waals surface area contributed by atoms with Gasteiger partial charge in [0, 0.05) is 46.1 Å². The number of pyridine rings is 1. The zero-order valence-corrected chi connectivity index (χ0v) is 17.7. The number of hydrogen-bond donors (Lipinski definition) is 2. The second kappa shape index (κ2) is 7.48. The van der Waals surface area contributed by atoms with Crippen molar-refractivity contribution in [3.8, 4) is 11.1 Å². The number of furan rings is 1. The molecule has 0 saturated carbocycles. The molecular formula is C23H19N4O3S+. The van der Waals surface area contributed by atoms with Crippen LogP contribution in [0.3, 0.4) is 0 Å². The zero-order chi connectivity index (χ0) is 21.5. The van der Waals surface area contributed by atoms with Crippen LogP contribution in [0.5, 0.6) is 0 Å². The highest BCUT2D eigenvalue weighted by Crippen LogP contribution is 2.34. The maximum absolute atomic E-state index is 12.1. The lowest BCUT2D eigenvalue weighted by Gasteiger charge is -2.12. The summed E-state index contributed by atoms with van der Waals surface area (Å²) < 4.78 is 18.7. The van der Waals surface area contributed by atoms with Crippen LogP contribution in [-0.2, 0) is 10.8 Å². The largest absolute Gasteiger partial charge is 0.464 e. The van der Waals surface area contributed by atoms with Crippen LogP contribution in [0.15, 0.2) is 76.8 Å². The lowest BCUT2D eigenvalue weighted by molar-refractivity contribution is -0.904. The number of hydrogen-bond acceptors (Lipinski definition) is 6. The topological polar surface area (TPSA) is 92.1 Å². The van der Waals surface area contributed by atoms with Gasteiger partial charge in [-0.2, -0.15) is 0 Å². The highest BCUT2D eigenvalue weighted by molar-refractivity contribution is 7.84. The van der Waals surface area contributed by atoms with Crippen molar-refractivity contribution in [2.24, 2.45) is 0 Å². The molecule has 31 heavy (non-hydrogen) atoms. The minimum absolute atomic E-state index is 0.543. The first-order valence-corrected chi connectivity index (χ1v) is 11.1. The average molecular weight is 431 g/mol. The van der Waals surface area contributed by atoms with Crippen LogP contribution in [-0.4, -0.2) is 25.6 Å². The molecule has 0 aliphatic heterocycles. The van der Waals surface area contributed by atoms with E-state index in [1.54, 1.807) is 31.0 Å². The monoisotopic (exact) mass is 431 g/mol. The van der Waals surface area contributed by atoms with Crippen LogP contribution in [0.1, 0.15) is 5.56 Å². The van der Waals surface area contributed by atoms with E-state index in [9.17, 15) is 9.42 Å². The Morgan fingerprint density at radius 2 is 1.97 bits per heavy atom. The van der Waals surface area contributed by atoms with E-state index in [2.05, 4.69) is 21.4 Å². The lowest BCUT2D eigenvalue weighted by Crippen LogP contribution is -2.29. The van der Waals surface area contributed by atoms with Crippen LogP contribution in [0, 0.1) is 6.92 Å². The average Bonchev–Trinajstić information content (AvgIpc) is 3.13. The molecule has 0 aliphatic rings. The second-order valence-corrected chi connectivity index (χ2v) is 8.61. The highest BCUT2D eigenvalue weighted by atomic mass is 32.2. The fraction of sp³-hybridized carbons (Fsp3) is 0.0870. The van der Waals surface area contributed by atoms with Gasteiger partial charge in [0.25, 0.3) is 0 Å². The number of fused-ring (bicyclic) bond motifs is 2. The van der Waals surface area contributed by atoms with Gasteiger partial charge in [-0.15, -0.1) is 0 Å². The maximum atomic E-state index is 12.1. The van der Waals surface area contributed by atoms with Crippen LogP contribution in [0.4, 0.5) is 11.4 Å². The molecule has 2 N–H and O–H groups in total. The first kappa shape index (κ1) is 19.2. The summed E-state index contributed by atoms with van der Waals surface area (Å²) in [5.41, 5.74) is 6.56. The Morgan fingerprint density at radius 1 is 1.13 bits per heavy atom. The third-order valence-electron chi connectivity index (χ3n) is 5.15. The summed E-state index contributed by atoms with van der Waals surface area (Å²) in [4.78, 5) is 9.61. The lowest BCUT2D eigenvalue weighted by atomic mass is 10.0. The summed E-state index contributed by atoms with van der Waals surface area (Å²) in [6.07, 6.45) is 9.60. The Hall–Kier alpha value is -3.78. The summed E-state index contributed by atoms with van der Waals surface area (Å²) in [6.45, 7) is 2.01. The smallest absolute Gasteiger partial charge is 0.246 e. The second-order valence-electron chi connectivity index (χ2n) is 7.26. The number of anilines is 2. The van der Waals surface area contributed by atoms with Crippen molar-refractivity contribution in [2.45, 2.75) is 11.8 Å². The van der Waals surface area contributed by atoms with Crippen molar-refractivity contribution >= 4 is 44.2 Å². The normalized spacial score (nSPS) is 12.3. The van der Waals surface area contributed by atoms with Gasteiger partial charge in [0.2, 0.25) is 12.4 Å². The van der Waals surface area contributed by atoms with Gasteiger partial charge in [0.15, 0.2) is 0 Å². The zero-order valence-electron chi connectivity index (χ0n) is 16.9. The van der Waals surface area contributed by atoms with Crippen LogP contribution in [0.25, 0.3) is 33.1 Å². The molecule has 1 atom stereocenters. The van der Waals surface area contributed by atoms with E-state index in [1.807, 2.05) is 31.2 Å². The molecule has 2 aromatic carbocycles. The molecule has 3 heterocycles. The molecule has 0 saturated heterocycles. The predicted molar refractivity (Wildman–Crippen MR) is 119 cm³/mol. The predicted octanol–water partition coefficient (Wildman–Crippen LogP) is 4.36. The Labute approximate surface area is 180 Å². The Bertz CT molecular complexity index is 1480. The van der Waals surface area contributed by atoms with Crippen molar-refractivity contribution in [3.05, 3.63) is 73.0 Å². The van der Waals surface area contributed by atoms with Gasteiger partial charge in [-0.3, -0.25) is 19.4 Å². The first-order valence-electron chi connectivity index (χ1n) is 9.57. The summed E-state index contributed by atoms with van der Waals surface area (Å²) in [7, 11) is -1.23. The van der Waals surface area contributed by atoms with Gasteiger partial charge in [0.1, 0.15) is 11.3 Å². The molecule has 5 rings (SSSR count). The molecule has 3 aromatic heterocycles. The molecule has 1 unspecified atom stereocenters. The van der Waals surface area contributed by atoms with Crippen molar-refractivity contribution in [1.29, 1.82) is 0 Å². The van der Waals surface area contributed by atoms with E-state index in [0.29, 0.717) is 10.6 Å². The minimum Gasteiger partial charge on any atom is -0.464 e. The van der Waals surface area contributed by atoms with E-state index in [0.717, 1.165) is 49.1 Å². The van der Waals surface area contributed by atoms with Crippen molar-refractivity contribution in [1.82, 2.24) is 9.97 Å². The highest BCUT2D eigenvalue weighted by Gasteiger charge is 2.15. The molecule has 0 spiro atoms. The molecule has 0 aliphatic carbocycles. The number of rotatable bonds is 4. The van der Waals surface area contributed by atoms with Gasteiger partial charge in [-0.1, -0.05) is 6.07 Å². The van der Waals surface area contributed by atoms with Crippen LogP contribution in [0.2, 0.25) is 0 Å². The van der Waals surface area contributed by atoms with Gasteiger partial charge in [-0.25, -0.2) is 0 Å². The fourth-order valence-corrected chi connectivity index (χ4v) is 4.33. The molecule has 5 aromatic rings. The van der Waals surface area contributed by atoms with Gasteiger partial charge < -0.3 is 9.73 Å². The van der Waals surface area contributed by atoms with Crippen molar-refractivity contribution in [2.75, 3.05) is 11.6 Å². The van der Waals surface area contributed by atoms with E-state index >= 15 is 0 Å². The Morgan fingerprint density at radius 3 is 2.81 bits per heavy atom.